The van der Waals surface area contributed by atoms with Gasteiger partial charge >= 0.3 is 12.1 Å². The number of halogens is 2. The molecule has 0 unspecified atom stereocenters. The van der Waals surface area contributed by atoms with Gasteiger partial charge in [-0.3, -0.25) is 0 Å². The first kappa shape index (κ1) is 13.3. The zero-order valence-electron chi connectivity index (χ0n) is 10.5. The van der Waals surface area contributed by atoms with Crippen LogP contribution >= 0.6 is 0 Å². The fourth-order valence-corrected chi connectivity index (χ4v) is 1.86. The lowest BCUT2D eigenvalue weighted by atomic mass is 9.96. The second-order valence-corrected chi connectivity index (χ2v) is 4.09. The summed E-state index contributed by atoms with van der Waals surface area (Å²) >= 11 is 0. The lowest BCUT2D eigenvalue weighted by Gasteiger charge is -2.28. The van der Waals surface area contributed by atoms with E-state index in [1.165, 1.54) is 18.2 Å². The zero-order valence-corrected chi connectivity index (χ0v) is 10.5. The molecule has 0 aliphatic carbocycles. The van der Waals surface area contributed by atoms with Crippen LogP contribution in [0.5, 0.6) is 5.75 Å². The molecule has 1 aromatic rings. The number of hydrogen-bond acceptors (Lipinski definition) is 4. The van der Waals surface area contributed by atoms with E-state index in [1.807, 2.05) is 0 Å². The van der Waals surface area contributed by atoms with E-state index in [2.05, 4.69) is 4.74 Å². The number of hydrogen-bond donors (Lipinski definition) is 1. The van der Waals surface area contributed by atoms with E-state index in [9.17, 15) is 13.6 Å². The molecule has 1 heterocycles. The van der Waals surface area contributed by atoms with Gasteiger partial charge in [0.05, 0.1) is 17.8 Å². The number of nitrogens with two attached hydrogens (primary N) is 1. The Morgan fingerprint density at radius 1 is 1.47 bits per heavy atom. The molecule has 0 saturated heterocycles. The van der Waals surface area contributed by atoms with Crippen LogP contribution in [0.1, 0.15) is 19.4 Å². The van der Waals surface area contributed by atoms with Crippen molar-refractivity contribution < 1.29 is 23.0 Å². The average Bonchev–Trinajstić information content (AvgIpc) is 2.31. The summed E-state index contributed by atoms with van der Waals surface area (Å²) in [5.41, 5.74) is 5.51. The highest BCUT2D eigenvalue weighted by Gasteiger charge is 2.43. The first-order chi connectivity index (χ1) is 8.86. The van der Waals surface area contributed by atoms with E-state index in [0.717, 1.165) is 6.92 Å². The second kappa shape index (κ2) is 4.53. The number of fused-ring (bicyclic) bond motifs is 1. The van der Waals surface area contributed by atoms with Crippen LogP contribution in [0.15, 0.2) is 23.8 Å². The molecule has 4 nitrogen and oxygen atoms in total. The Labute approximate surface area is 108 Å². The quantitative estimate of drug-likeness (QED) is 0.662. The summed E-state index contributed by atoms with van der Waals surface area (Å²) in [5.74, 6) is -0.900. The van der Waals surface area contributed by atoms with Crippen LogP contribution < -0.4 is 10.5 Å². The van der Waals surface area contributed by atoms with E-state index >= 15 is 0 Å². The van der Waals surface area contributed by atoms with E-state index in [1.54, 1.807) is 6.92 Å². The van der Waals surface area contributed by atoms with Gasteiger partial charge in [-0.15, -0.1) is 0 Å². The summed E-state index contributed by atoms with van der Waals surface area (Å²) in [7, 11) is 0. The summed E-state index contributed by atoms with van der Waals surface area (Å²) in [4.78, 5) is 11.9. The van der Waals surface area contributed by atoms with Crippen LogP contribution in [-0.4, -0.2) is 18.7 Å². The molecule has 0 amide bonds. The van der Waals surface area contributed by atoms with Crippen molar-refractivity contribution in [1.82, 2.24) is 0 Å². The maximum atomic E-state index is 13.7. The van der Waals surface area contributed by atoms with Gasteiger partial charge in [-0.25, -0.2) is 4.79 Å². The first-order valence-corrected chi connectivity index (χ1v) is 5.72. The predicted molar refractivity (Wildman–Crippen MR) is 65.7 cm³/mol. The predicted octanol–water partition coefficient (Wildman–Crippen LogP) is 2.59. The minimum absolute atomic E-state index is 0.0900. The number of esters is 1. The van der Waals surface area contributed by atoms with Gasteiger partial charge in [0, 0.05) is 11.3 Å². The maximum absolute atomic E-state index is 13.7. The largest absolute Gasteiger partial charge is 0.462 e. The Hall–Kier alpha value is -2.11. The Kier molecular flexibility index (Phi) is 3.18. The molecule has 2 N–H and O–H groups in total. The summed E-state index contributed by atoms with van der Waals surface area (Å²) in [6, 6.07) is 4.16. The van der Waals surface area contributed by atoms with Gasteiger partial charge in [-0.05, 0) is 32.0 Å². The standard InChI is InChI=1S/C13H13F2NO3/c1-3-18-12(17)11-7(2)13(14,15)19-10-5-4-8(16)6-9(10)11/h4-6H,3,16H2,1-2H3. The van der Waals surface area contributed by atoms with Crippen LogP contribution in [0.25, 0.3) is 5.57 Å². The van der Waals surface area contributed by atoms with E-state index < -0.39 is 17.7 Å². The molecule has 6 heteroatoms. The second-order valence-electron chi connectivity index (χ2n) is 4.09. The number of anilines is 1. The summed E-state index contributed by atoms with van der Waals surface area (Å²) in [6.07, 6.45) is -3.54. The fraction of sp³-hybridized carbons (Fsp3) is 0.308. The van der Waals surface area contributed by atoms with Crippen molar-refractivity contribution in [2.45, 2.75) is 20.0 Å². The molecule has 0 fully saturated rings. The van der Waals surface area contributed by atoms with E-state index in [0.29, 0.717) is 5.69 Å². The number of carbonyl (C=O) groups excluding carboxylic acids is 1. The molecule has 1 aliphatic heterocycles. The van der Waals surface area contributed by atoms with Crippen LogP contribution in [0.2, 0.25) is 0 Å². The molecule has 2 rings (SSSR count). The fourth-order valence-electron chi connectivity index (χ4n) is 1.86. The topological polar surface area (TPSA) is 61.5 Å². The lowest BCUT2D eigenvalue weighted by Crippen LogP contribution is -2.32. The molecule has 1 aliphatic rings. The minimum Gasteiger partial charge on any atom is -0.462 e. The van der Waals surface area contributed by atoms with Crippen LogP contribution in [0, 0.1) is 0 Å². The SMILES string of the molecule is CCOC(=O)C1=C(C)C(F)(F)Oc2ccc(N)cc21. The van der Waals surface area contributed by atoms with Gasteiger partial charge in [0.25, 0.3) is 0 Å². The molecule has 1 aromatic carbocycles. The smallest absolute Gasteiger partial charge is 0.423 e. The molecule has 19 heavy (non-hydrogen) atoms. The minimum atomic E-state index is -3.54. The normalized spacial score (nSPS) is 16.6. The van der Waals surface area contributed by atoms with Crippen LogP contribution in [-0.2, 0) is 9.53 Å². The Bertz CT molecular complexity index is 567. The van der Waals surface area contributed by atoms with Crippen molar-refractivity contribution in [2.24, 2.45) is 0 Å². The Morgan fingerprint density at radius 3 is 2.79 bits per heavy atom. The highest BCUT2D eigenvalue weighted by atomic mass is 19.3. The van der Waals surface area contributed by atoms with E-state index in [-0.39, 0.29) is 23.5 Å². The summed E-state index contributed by atoms with van der Waals surface area (Å²) in [5, 5.41) is 0. The number of alkyl halides is 2. The van der Waals surface area contributed by atoms with Gasteiger partial charge in [0.15, 0.2) is 0 Å². The number of ether oxygens (including phenoxy) is 2. The van der Waals surface area contributed by atoms with Gasteiger partial charge in [-0.2, -0.15) is 8.78 Å². The van der Waals surface area contributed by atoms with Crippen molar-refractivity contribution in [3.05, 3.63) is 29.3 Å². The molecule has 0 radical (unpaired) electrons. The molecule has 102 valence electrons. The van der Waals surface area contributed by atoms with Crippen LogP contribution in [0.4, 0.5) is 14.5 Å². The highest BCUT2D eigenvalue weighted by Crippen LogP contribution is 2.43. The number of rotatable bonds is 2. The Balaban J connectivity index is 2.63. The molecule has 0 spiro atoms. The van der Waals surface area contributed by atoms with Gasteiger partial charge in [-0.1, -0.05) is 0 Å². The Morgan fingerprint density at radius 2 is 2.16 bits per heavy atom. The third-order valence-corrected chi connectivity index (χ3v) is 2.80. The number of carbonyl (C=O) groups is 1. The van der Waals surface area contributed by atoms with Crippen molar-refractivity contribution in [3.8, 4) is 5.75 Å². The molecular formula is C13H13F2NO3. The van der Waals surface area contributed by atoms with Gasteiger partial charge < -0.3 is 15.2 Å². The molecule has 0 saturated carbocycles. The molecule has 0 aromatic heterocycles. The van der Waals surface area contributed by atoms with E-state index in [4.69, 9.17) is 10.5 Å². The van der Waals surface area contributed by atoms with Crippen LogP contribution in [0.3, 0.4) is 0 Å². The molecule has 0 bridgehead atoms. The van der Waals surface area contributed by atoms with Gasteiger partial charge in [0.1, 0.15) is 5.75 Å². The number of benzene rings is 1. The average molecular weight is 269 g/mol. The van der Waals surface area contributed by atoms with Crippen molar-refractivity contribution >= 4 is 17.2 Å². The lowest BCUT2D eigenvalue weighted by molar-refractivity contribution is -0.148. The van der Waals surface area contributed by atoms with Crippen molar-refractivity contribution in [1.29, 1.82) is 0 Å². The summed E-state index contributed by atoms with van der Waals surface area (Å²) in [6.45, 7) is 2.84. The van der Waals surface area contributed by atoms with Crippen molar-refractivity contribution in [2.75, 3.05) is 12.3 Å². The third-order valence-electron chi connectivity index (χ3n) is 2.80. The highest BCUT2D eigenvalue weighted by molar-refractivity contribution is 6.19. The monoisotopic (exact) mass is 269 g/mol. The third kappa shape index (κ3) is 2.25. The van der Waals surface area contributed by atoms with Crippen molar-refractivity contribution in [3.63, 3.8) is 0 Å². The molecule has 0 atom stereocenters. The first-order valence-electron chi connectivity index (χ1n) is 5.72. The molecular weight excluding hydrogens is 256 g/mol. The van der Waals surface area contributed by atoms with Gasteiger partial charge in [0.2, 0.25) is 0 Å². The zero-order chi connectivity index (χ0) is 14.2. The maximum Gasteiger partial charge on any atom is 0.423 e. The number of nitrogen functional groups attached to an aromatic ring is 1. The summed E-state index contributed by atoms with van der Waals surface area (Å²) < 4.78 is 36.8.